The van der Waals surface area contributed by atoms with Crippen LogP contribution in [-0.2, 0) is 9.53 Å². The van der Waals surface area contributed by atoms with Crippen LogP contribution in [0.3, 0.4) is 0 Å². The minimum Gasteiger partial charge on any atom is -0.495 e. The van der Waals surface area contributed by atoms with E-state index < -0.39 is 12.0 Å². The van der Waals surface area contributed by atoms with Gasteiger partial charge >= 0.3 is 5.97 Å². The smallest absolute Gasteiger partial charge is 0.326 e. The van der Waals surface area contributed by atoms with Crippen molar-refractivity contribution in [3.05, 3.63) is 51.9 Å². The molecule has 1 heterocycles. The fraction of sp³-hybridized carbons (Fsp3) is 0.429. The van der Waals surface area contributed by atoms with E-state index in [-0.39, 0.29) is 24.5 Å². The summed E-state index contributed by atoms with van der Waals surface area (Å²) < 4.78 is 11.7. The van der Waals surface area contributed by atoms with E-state index in [0.717, 1.165) is 16.7 Å². The zero-order valence-electron chi connectivity index (χ0n) is 16.5. The van der Waals surface area contributed by atoms with Gasteiger partial charge in [-0.05, 0) is 24.0 Å². The van der Waals surface area contributed by atoms with Crippen molar-refractivity contribution in [2.75, 3.05) is 20.8 Å². The Labute approximate surface area is 159 Å². The van der Waals surface area contributed by atoms with Gasteiger partial charge in [0.1, 0.15) is 11.8 Å². The van der Waals surface area contributed by atoms with Gasteiger partial charge in [0.2, 0.25) is 0 Å². The fourth-order valence-corrected chi connectivity index (χ4v) is 3.16. The number of carboxylic acids is 1. The summed E-state index contributed by atoms with van der Waals surface area (Å²) in [7, 11) is 3.01. The summed E-state index contributed by atoms with van der Waals surface area (Å²) in [5, 5.41) is 9.52. The number of aromatic nitrogens is 1. The first kappa shape index (κ1) is 20.7. The van der Waals surface area contributed by atoms with Gasteiger partial charge < -0.3 is 14.6 Å². The molecule has 0 radical (unpaired) electrons. The van der Waals surface area contributed by atoms with Gasteiger partial charge in [-0.2, -0.15) is 0 Å². The second kappa shape index (κ2) is 8.86. The lowest BCUT2D eigenvalue weighted by molar-refractivity contribution is -0.141. The maximum absolute atomic E-state index is 12.8. The third-order valence-corrected chi connectivity index (χ3v) is 4.60. The van der Waals surface area contributed by atoms with Crippen LogP contribution in [0.2, 0.25) is 0 Å². The number of benzene rings is 1. The number of rotatable bonds is 8. The molecule has 0 fully saturated rings. The van der Waals surface area contributed by atoms with E-state index in [1.54, 1.807) is 0 Å². The molecule has 1 aromatic carbocycles. The van der Waals surface area contributed by atoms with E-state index in [1.165, 1.54) is 31.0 Å². The number of carbonyl (C=O) groups is 1. The Morgan fingerprint density at radius 2 is 1.89 bits per heavy atom. The topological polar surface area (TPSA) is 77.8 Å². The predicted octanol–water partition coefficient (Wildman–Crippen LogP) is 3.62. The third-order valence-electron chi connectivity index (χ3n) is 4.60. The van der Waals surface area contributed by atoms with E-state index in [1.807, 2.05) is 19.1 Å². The molecule has 0 saturated heterocycles. The zero-order chi connectivity index (χ0) is 20.1. The van der Waals surface area contributed by atoms with Crippen LogP contribution in [0.5, 0.6) is 5.75 Å². The lowest BCUT2D eigenvalue weighted by Gasteiger charge is -2.20. The summed E-state index contributed by atoms with van der Waals surface area (Å²) in [6.07, 6.45) is 1.68. The van der Waals surface area contributed by atoms with Crippen LogP contribution in [-0.4, -0.2) is 36.5 Å². The highest BCUT2D eigenvalue weighted by Gasteiger charge is 2.23. The number of ether oxygens (including phenoxy) is 2. The van der Waals surface area contributed by atoms with Gasteiger partial charge in [0.05, 0.1) is 13.3 Å². The lowest BCUT2D eigenvalue weighted by Crippen LogP contribution is -2.30. The SMILES string of the molecule is COCCC(C(=O)O)n1cc(OC)c(-c2cc(C)ccc2C(C)C)cc1=O. The second-order valence-electron chi connectivity index (χ2n) is 6.88. The van der Waals surface area contributed by atoms with E-state index in [2.05, 4.69) is 19.9 Å². The van der Waals surface area contributed by atoms with Crippen molar-refractivity contribution in [1.29, 1.82) is 0 Å². The molecule has 1 N–H and O–H groups in total. The molecule has 0 amide bonds. The van der Waals surface area contributed by atoms with E-state index in [4.69, 9.17) is 9.47 Å². The molecule has 0 aliphatic rings. The Morgan fingerprint density at radius 3 is 2.44 bits per heavy atom. The number of pyridine rings is 1. The van der Waals surface area contributed by atoms with Crippen LogP contribution in [0.15, 0.2) is 35.3 Å². The van der Waals surface area contributed by atoms with Gasteiger partial charge in [0.25, 0.3) is 5.56 Å². The molecule has 1 aromatic heterocycles. The molecule has 0 aliphatic carbocycles. The molecule has 2 aromatic rings. The summed E-state index contributed by atoms with van der Waals surface area (Å²) >= 11 is 0. The first-order chi connectivity index (χ1) is 12.8. The standard InChI is InChI=1S/C21H27NO5/c1-13(2)15-7-6-14(3)10-16(15)17-11-20(23)22(12-19(17)27-5)18(21(24)25)8-9-26-4/h6-7,10-13,18H,8-9H2,1-5H3,(H,24,25). The van der Waals surface area contributed by atoms with Gasteiger partial charge in [-0.3, -0.25) is 9.36 Å². The average molecular weight is 373 g/mol. The quantitative estimate of drug-likeness (QED) is 0.765. The van der Waals surface area contributed by atoms with Crippen LogP contribution in [0.1, 0.15) is 43.4 Å². The van der Waals surface area contributed by atoms with Crippen molar-refractivity contribution >= 4 is 5.97 Å². The number of aliphatic carboxylic acids is 1. The van der Waals surface area contributed by atoms with Crippen LogP contribution >= 0.6 is 0 Å². The Morgan fingerprint density at radius 1 is 1.19 bits per heavy atom. The highest BCUT2D eigenvalue weighted by Crippen LogP contribution is 2.35. The predicted molar refractivity (Wildman–Crippen MR) is 105 cm³/mol. The summed E-state index contributed by atoms with van der Waals surface area (Å²) in [6, 6.07) is 6.57. The monoisotopic (exact) mass is 373 g/mol. The van der Waals surface area contributed by atoms with Crippen LogP contribution in [0.4, 0.5) is 0 Å². The minimum absolute atomic E-state index is 0.190. The molecule has 0 saturated carbocycles. The molecule has 6 heteroatoms. The fourth-order valence-electron chi connectivity index (χ4n) is 3.16. The number of nitrogens with zero attached hydrogens (tertiary/aromatic N) is 1. The maximum Gasteiger partial charge on any atom is 0.326 e. The zero-order valence-corrected chi connectivity index (χ0v) is 16.5. The number of aryl methyl sites for hydroxylation is 1. The van der Waals surface area contributed by atoms with E-state index in [0.29, 0.717) is 11.3 Å². The van der Waals surface area contributed by atoms with Gasteiger partial charge in [0, 0.05) is 31.8 Å². The van der Waals surface area contributed by atoms with Crippen LogP contribution in [0, 0.1) is 6.92 Å². The summed E-state index contributed by atoms with van der Waals surface area (Å²) in [4.78, 5) is 24.4. The summed E-state index contributed by atoms with van der Waals surface area (Å²) in [5.41, 5.74) is 3.39. The molecule has 1 unspecified atom stereocenters. The van der Waals surface area contributed by atoms with Gasteiger partial charge in [0.15, 0.2) is 0 Å². The molecule has 27 heavy (non-hydrogen) atoms. The lowest BCUT2D eigenvalue weighted by atomic mass is 9.91. The van der Waals surface area contributed by atoms with Crippen molar-refractivity contribution in [2.45, 2.75) is 39.2 Å². The molecular weight excluding hydrogens is 346 g/mol. The van der Waals surface area contributed by atoms with Crippen molar-refractivity contribution in [3.63, 3.8) is 0 Å². The number of carboxylic acid groups (broad SMARTS) is 1. The molecule has 2 rings (SSSR count). The minimum atomic E-state index is -1.08. The molecule has 146 valence electrons. The Hall–Kier alpha value is -2.60. The van der Waals surface area contributed by atoms with Crippen molar-refractivity contribution in [2.24, 2.45) is 0 Å². The largest absolute Gasteiger partial charge is 0.495 e. The summed E-state index contributed by atoms with van der Waals surface area (Å²) in [5.74, 6) is -0.352. The van der Waals surface area contributed by atoms with Crippen molar-refractivity contribution < 1.29 is 19.4 Å². The van der Waals surface area contributed by atoms with Crippen molar-refractivity contribution in [3.8, 4) is 16.9 Å². The van der Waals surface area contributed by atoms with E-state index >= 15 is 0 Å². The van der Waals surface area contributed by atoms with Crippen LogP contribution < -0.4 is 10.3 Å². The molecule has 6 nitrogen and oxygen atoms in total. The second-order valence-corrected chi connectivity index (χ2v) is 6.88. The van der Waals surface area contributed by atoms with Gasteiger partial charge in [-0.25, -0.2) is 4.79 Å². The molecule has 1 atom stereocenters. The molecule has 0 bridgehead atoms. The highest BCUT2D eigenvalue weighted by atomic mass is 16.5. The van der Waals surface area contributed by atoms with Gasteiger partial charge in [-0.1, -0.05) is 37.6 Å². The van der Waals surface area contributed by atoms with Gasteiger partial charge in [-0.15, -0.1) is 0 Å². The first-order valence-electron chi connectivity index (χ1n) is 8.93. The summed E-state index contributed by atoms with van der Waals surface area (Å²) in [6.45, 7) is 6.41. The average Bonchev–Trinajstić information content (AvgIpc) is 2.62. The normalized spacial score (nSPS) is 12.2. The van der Waals surface area contributed by atoms with E-state index in [9.17, 15) is 14.7 Å². The number of methoxy groups -OCH3 is 2. The third kappa shape index (κ3) is 4.57. The Kier molecular flexibility index (Phi) is 6.80. The molecule has 0 aliphatic heterocycles. The number of hydrogen-bond acceptors (Lipinski definition) is 4. The number of hydrogen-bond donors (Lipinski definition) is 1. The maximum atomic E-state index is 12.8. The molecule has 0 spiro atoms. The molecular formula is C21H27NO5. The Balaban J connectivity index is 2.66. The van der Waals surface area contributed by atoms with Crippen LogP contribution in [0.25, 0.3) is 11.1 Å². The first-order valence-corrected chi connectivity index (χ1v) is 8.93. The van der Waals surface area contributed by atoms with Crippen molar-refractivity contribution in [1.82, 2.24) is 4.57 Å². The Bertz CT molecular complexity index is 869. The highest BCUT2D eigenvalue weighted by molar-refractivity contribution is 5.75.